The number of thiazole rings is 1. The van der Waals surface area contributed by atoms with E-state index in [1.54, 1.807) is 11.3 Å². The van der Waals surface area contributed by atoms with Gasteiger partial charge in [0.25, 0.3) is 0 Å². The molecule has 0 bridgehead atoms. The normalized spacial score (nSPS) is 16.3. The molecule has 0 radical (unpaired) electrons. The van der Waals surface area contributed by atoms with Crippen LogP contribution in [-0.4, -0.2) is 9.55 Å². The molecular formula is C10H10N2S. The average molecular weight is 190 g/mol. The molecule has 0 unspecified atom stereocenters. The van der Waals surface area contributed by atoms with Crippen LogP contribution in [0.4, 0.5) is 0 Å². The molecule has 0 amide bonds. The van der Waals surface area contributed by atoms with Gasteiger partial charge in [-0.05, 0) is 25.0 Å². The maximum Gasteiger partial charge on any atom is 0.193 e. The van der Waals surface area contributed by atoms with Crippen LogP contribution in [0.15, 0.2) is 29.9 Å². The van der Waals surface area contributed by atoms with Crippen LogP contribution in [-0.2, 0) is 0 Å². The molecule has 13 heavy (non-hydrogen) atoms. The molecule has 66 valence electrons. The molecule has 1 fully saturated rings. The summed E-state index contributed by atoms with van der Waals surface area (Å²) in [6.45, 7) is 0. The van der Waals surface area contributed by atoms with Crippen molar-refractivity contribution in [2.45, 2.75) is 18.8 Å². The summed E-state index contributed by atoms with van der Waals surface area (Å²) in [5.74, 6) is 0.764. The Kier molecular flexibility index (Phi) is 1.52. The zero-order valence-corrected chi connectivity index (χ0v) is 8.00. The second kappa shape index (κ2) is 2.70. The van der Waals surface area contributed by atoms with Gasteiger partial charge in [-0.25, -0.2) is 4.98 Å². The predicted octanol–water partition coefficient (Wildman–Crippen LogP) is 2.81. The Labute approximate surface area is 80.9 Å². The van der Waals surface area contributed by atoms with Crippen molar-refractivity contribution in [2.75, 3.05) is 0 Å². The van der Waals surface area contributed by atoms with Crippen LogP contribution in [0, 0.1) is 0 Å². The third kappa shape index (κ3) is 1.29. The monoisotopic (exact) mass is 190 g/mol. The van der Waals surface area contributed by atoms with Gasteiger partial charge in [-0.3, -0.25) is 0 Å². The molecule has 2 nitrogen and oxygen atoms in total. The van der Waals surface area contributed by atoms with Crippen molar-refractivity contribution < 1.29 is 0 Å². The standard InChI is InChI=1S/C10H10N2S/c1-2-6-12(5-1)10-11-9(7-13-10)8-3-4-8/h1-2,5-8H,3-4H2. The van der Waals surface area contributed by atoms with Gasteiger partial charge in [0.2, 0.25) is 0 Å². The lowest BCUT2D eigenvalue weighted by Gasteiger charge is -1.93. The Balaban J connectivity index is 1.97. The van der Waals surface area contributed by atoms with Gasteiger partial charge in [0.05, 0.1) is 5.69 Å². The molecule has 0 aliphatic heterocycles. The van der Waals surface area contributed by atoms with Gasteiger partial charge in [0.1, 0.15) is 0 Å². The van der Waals surface area contributed by atoms with E-state index in [0.717, 1.165) is 11.0 Å². The van der Waals surface area contributed by atoms with Crippen molar-refractivity contribution in [3.8, 4) is 5.13 Å². The largest absolute Gasteiger partial charge is 0.300 e. The third-order valence-electron chi connectivity index (χ3n) is 2.33. The van der Waals surface area contributed by atoms with E-state index < -0.39 is 0 Å². The van der Waals surface area contributed by atoms with E-state index in [9.17, 15) is 0 Å². The van der Waals surface area contributed by atoms with Crippen LogP contribution < -0.4 is 0 Å². The fraction of sp³-hybridized carbons (Fsp3) is 0.300. The molecule has 0 spiro atoms. The number of aromatic nitrogens is 2. The number of hydrogen-bond acceptors (Lipinski definition) is 2. The first-order valence-corrected chi connectivity index (χ1v) is 5.40. The number of rotatable bonds is 2. The molecule has 3 rings (SSSR count). The molecule has 0 saturated heterocycles. The smallest absolute Gasteiger partial charge is 0.193 e. The van der Waals surface area contributed by atoms with Crippen molar-refractivity contribution >= 4 is 11.3 Å². The van der Waals surface area contributed by atoms with Crippen LogP contribution in [0.25, 0.3) is 5.13 Å². The van der Waals surface area contributed by atoms with Gasteiger partial charge in [-0.2, -0.15) is 0 Å². The van der Waals surface area contributed by atoms with Crippen molar-refractivity contribution in [1.82, 2.24) is 9.55 Å². The first kappa shape index (κ1) is 7.33. The molecule has 2 heterocycles. The van der Waals surface area contributed by atoms with E-state index in [0.29, 0.717) is 0 Å². The van der Waals surface area contributed by atoms with Gasteiger partial charge < -0.3 is 4.57 Å². The molecule has 0 aromatic carbocycles. The van der Waals surface area contributed by atoms with Gasteiger partial charge >= 0.3 is 0 Å². The Morgan fingerprint density at radius 1 is 1.31 bits per heavy atom. The summed E-state index contributed by atoms with van der Waals surface area (Å²) in [6, 6.07) is 4.05. The summed E-state index contributed by atoms with van der Waals surface area (Å²) in [5.41, 5.74) is 1.29. The summed E-state index contributed by atoms with van der Waals surface area (Å²) in [7, 11) is 0. The van der Waals surface area contributed by atoms with Gasteiger partial charge in [-0.15, -0.1) is 11.3 Å². The van der Waals surface area contributed by atoms with E-state index >= 15 is 0 Å². The van der Waals surface area contributed by atoms with Crippen molar-refractivity contribution in [3.05, 3.63) is 35.6 Å². The van der Waals surface area contributed by atoms with Crippen LogP contribution in [0.3, 0.4) is 0 Å². The second-order valence-corrected chi connectivity index (χ2v) is 4.26. The number of nitrogens with zero attached hydrogens (tertiary/aromatic N) is 2. The van der Waals surface area contributed by atoms with Gasteiger partial charge in [0, 0.05) is 23.7 Å². The molecule has 2 aromatic rings. The fourth-order valence-corrected chi connectivity index (χ4v) is 2.30. The van der Waals surface area contributed by atoms with E-state index in [-0.39, 0.29) is 0 Å². The van der Waals surface area contributed by atoms with E-state index in [4.69, 9.17) is 0 Å². The van der Waals surface area contributed by atoms with Crippen LogP contribution in [0.5, 0.6) is 0 Å². The summed E-state index contributed by atoms with van der Waals surface area (Å²) in [6.07, 6.45) is 6.73. The highest BCUT2D eigenvalue weighted by Crippen LogP contribution is 2.40. The Morgan fingerprint density at radius 2 is 2.08 bits per heavy atom. The molecule has 0 atom stereocenters. The minimum absolute atomic E-state index is 0.764. The summed E-state index contributed by atoms with van der Waals surface area (Å²) < 4.78 is 2.07. The van der Waals surface area contributed by atoms with E-state index in [1.165, 1.54) is 18.5 Å². The van der Waals surface area contributed by atoms with Crippen molar-refractivity contribution in [3.63, 3.8) is 0 Å². The molecule has 1 aliphatic carbocycles. The fourth-order valence-electron chi connectivity index (χ4n) is 1.42. The van der Waals surface area contributed by atoms with Crippen LogP contribution in [0.1, 0.15) is 24.5 Å². The third-order valence-corrected chi connectivity index (χ3v) is 3.20. The topological polar surface area (TPSA) is 17.8 Å². The van der Waals surface area contributed by atoms with E-state index in [1.807, 2.05) is 24.5 Å². The Bertz CT molecular complexity index is 398. The minimum Gasteiger partial charge on any atom is -0.300 e. The first-order chi connectivity index (χ1) is 6.43. The van der Waals surface area contributed by atoms with Gasteiger partial charge in [0.15, 0.2) is 5.13 Å². The predicted molar refractivity (Wildman–Crippen MR) is 53.4 cm³/mol. The molecule has 1 aliphatic rings. The minimum atomic E-state index is 0.764. The van der Waals surface area contributed by atoms with Gasteiger partial charge in [-0.1, -0.05) is 0 Å². The SMILES string of the molecule is c1ccn(-c2nc(C3CC3)cs2)c1. The maximum absolute atomic E-state index is 4.60. The lowest BCUT2D eigenvalue weighted by molar-refractivity contribution is 0.985. The molecule has 3 heteroatoms. The summed E-state index contributed by atoms with van der Waals surface area (Å²) in [5, 5.41) is 3.28. The quantitative estimate of drug-likeness (QED) is 0.712. The first-order valence-electron chi connectivity index (χ1n) is 4.52. The lowest BCUT2D eigenvalue weighted by Crippen LogP contribution is -1.88. The average Bonchev–Trinajstić information content (AvgIpc) is 2.72. The van der Waals surface area contributed by atoms with Crippen LogP contribution in [0.2, 0.25) is 0 Å². The molecule has 2 aromatic heterocycles. The maximum atomic E-state index is 4.60. The number of hydrogen-bond donors (Lipinski definition) is 0. The molecule has 1 saturated carbocycles. The Morgan fingerprint density at radius 3 is 2.77 bits per heavy atom. The Hall–Kier alpha value is -1.09. The highest BCUT2D eigenvalue weighted by molar-refractivity contribution is 7.12. The second-order valence-electron chi connectivity index (χ2n) is 3.42. The molecule has 0 N–H and O–H groups in total. The summed E-state index contributed by atoms with van der Waals surface area (Å²) >= 11 is 1.73. The highest BCUT2D eigenvalue weighted by atomic mass is 32.1. The lowest BCUT2D eigenvalue weighted by atomic mass is 10.3. The molecular weight excluding hydrogens is 180 g/mol. The zero-order chi connectivity index (χ0) is 8.67. The van der Waals surface area contributed by atoms with Crippen LogP contribution >= 0.6 is 11.3 Å². The highest BCUT2D eigenvalue weighted by Gasteiger charge is 2.26. The van der Waals surface area contributed by atoms with E-state index in [2.05, 4.69) is 14.9 Å². The van der Waals surface area contributed by atoms with Crippen molar-refractivity contribution in [1.29, 1.82) is 0 Å². The zero-order valence-electron chi connectivity index (χ0n) is 7.18. The van der Waals surface area contributed by atoms with Crippen molar-refractivity contribution in [2.24, 2.45) is 0 Å². The summed E-state index contributed by atoms with van der Waals surface area (Å²) in [4.78, 5) is 4.60.